The highest BCUT2D eigenvalue weighted by Gasteiger charge is 2.20. The van der Waals surface area contributed by atoms with Gasteiger partial charge >= 0.3 is 0 Å². The number of amides is 1. The number of nitrogens with zero attached hydrogens (tertiary/aromatic N) is 1. The maximum absolute atomic E-state index is 11.9. The van der Waals surface area contributed by atoms with Crippen molar-refractivity contribution in [3.8, 4) is 0 Å². The fraction of sp³-hybridized carbons (Fsp3) is 0.500. The summed E-state index contributed by atoms with van der Waals surface area (Å²) in [5, 5.41) is 12.7. The number of aliphatic hydroxyl groups excluding tert-OH is 1. The van der Waals surface area contributed by atoms with Crippen LogP contribution in [0.4, 0.5) is 5.69 Å². The van der Waals surface area contributed by atoms with Gasteiger partial charge in [0.15, 0.2) is 0 Å². The van der Waals surface area contributed by atoms with Crippen LogP contribution < -0.4 is 5.32 Å². The van der Waals surface area contributed by atoms with Crippen molar-refractivity contribution in [2.45, 2.75) is 12.8 Å². The van der Waals surface area contributed by atoms with Crippen molar-refractivity contribution in [1.82, 2.24) is 4.90 Å². The zero-order chi connectivity index (χ0) is 13.7. The number of hydrogen-bond acceptors (Lipinski definition) is 3. The maximum atomic E-state index is 11.9. The Labute approximate surface area is 118 Å². The van der Waals surface area contributed by atoms with Crippen LogP contribution in [0.1, 0.15) is 12.8 Å². The van der Waals surface area contributed by atoms with Crippen LogP contribution >= 0.6 is 11.6 Å². The molecular weight excluding hydrogens is 264 g/mol. The average molecular weight is 283 g/mol. The van der Waals surface area contributed by atoms with E-state index >= 15 is 0 Å². The smallest absolute Gasteiger partial charge is 0.238 e. The monoisotopic (exact) mass is 282 g/mol. The highest BCUT2D eigenvalue weighted by Crippen LogP contribution is 2.16. The van der Waals surface area contributed by atoms with Gasteiger partial charge in [-0.1, -0.05) is 11.6 Å². The molecule has 2 rings (SSSR count). The third kappa shape index (κ3) is 4.49. The Hall–Kier alpha value is -1.10. The number of benzene rings is 1. The summed E-state index contributed by atoms with van der Waals surface area (Å²) in [5.41, 5.74) is 0.755. The normalized spacial score (nSPS) is 20.2. The largest absolute Gasteiger partial charge is 0.396 e. The number of anilines is 1. The molecule has 1 amide bonds. The van der Waals surface area contributed by atoms with Crippen LogP contribution in [0.5, 0.6) is 0 Å². The van der Waals surface area contributed by atoms with Crippen LogP contribution in [0.2, 0.25) is 5.02 Å². The fourth-order valence-corrected chi connectivity index (χ4v) is 2.51. The molecule has 0 aromatic heterocycles. The van der Waals surface area contributed by atoms with Gasteiger partial charge in [0.1, 0.15) is 0 Å². The Kier molecular flexibility index (Phi) is 5.19. The van der Waals surface area contributed by atoms with Crippen molar-refractivity contribution >= 4 is 23.2 Å². The van der Waals surface area contributed by atoms with Gasteiger partial charge in [-0.15, -0.1) is 0 Å². The summed E-state index contributed by atoms with van der Waals surface area (Å²) in [6.45, 7) is 2.30. The van der Waals surface area contributed by atoms with Gasteiger partial charge in [-0.25, -0.2) is 0 Å². The van der Waals surface area contributed by atoms with Gasteiger partial charge in [0.05, 0.1) is 6.54 Å². The molecule has 1 saturated heterocycles. The molecule has 5 heteroatoms. The molecule has 1 fully saturated rings. The van der Waals surface area contributed by atoms with Crippen LogP contribution in [0.25, 0.3) is 0 Å². The van der Waals surface area contributed by atoms with Gasteiger partial charge in [0, 0.05) is 23.9 Å². The van der Waals surface area contributed by atoms with E-state index in [1.807, 2.05) is 0 Å². The van der Waals surface area contributed by atoms with Gasteiger partial charge in [-0.2, -0.15) is 0 Å². The minimum Gasteiger partial charge on any atom is -0.396 e. The third-order valence-corrected chi connectivity index (χ3v) is 3.61. The molecule has 0 spiro atoms. The summed E-state index contributed by atoms with van der Waals surface area (Å²) in [6.07, 6.45) is 2.09. The predicted octanol–water partition coefficient (Wildman–Crippen LogP) is 1.98. The summed E-state index contributed by atoms with van der Waals surface area (Å²) < 4.78 is 0. The summed E-state index contributed by atoms with van der Waals surface area (Å²) in [6, 6.07) is 7.07. The lowest BCUT2D eigenvalue weighted by Crippen LogP contribution is -2.41. The molecule has 1 unspecified atom stereocenters. The molecule has 1 aliphatic heterocycles. The molecule has 1 atom stereocenters. The highest BCUT2D eigenvalue weighted by atomic mass is 35.5. The van der Waals surface area contributed by atoms with E-state index in [1.165, 1.54) is 0 Å². The van der Waals surface area contributed by atoms with E-state index in [1.54, 1.807) is 24.3 Å². The Bertz CT molecular complexity index is 422. The maximum Gasteiger partial charge on any atom is 0.238 e. The Morgan fingerprint density at radius 1 is 1.42 bits per heavy atom. The van der Waals surface area contributed by atoms with Crippen molar-refractivity contribution in [3.63, 3.8) is 0 Å². The molecule has 1 aromatic rings. The molecule has 0 radical (unpaired) electrons. The van der Waals surface area contributed by atoms with Crippen LogP contribution in [0, 0.1) is 5.92 Å². The van der Waals surface area contributed by atoms with Crippen molar-refractivity contribution in [1.29, 1.82) is 0 Å². The lowest BCUT2D eigenvalue weighted by atomic mass is 9.99. The molecule has 1 heterocycles. The molecule has 4 nitrogen and oxygen atoms in total. The average Bonchev–Trinajstić information content (AvgIpc) is 2.41. The highest BCUT2D eigenvalue weighted by molar-refractivity contribution is 6.30. The third-order valence-electron chi connectivity index (χ3n) is 3.36. The molecule has 0 bridgehead atoms. The summed E-state index contributed by atoms with van der Waals surface area (Å²) in [5.74, 6) is 0.276. The first-order valence-electron chi connectivity index (χ1n) is 6.56. The number of halogens is 1. The molecule has 104 valence electrons. The van der Waals surface area contributed by atoms with E-state index < -0.39 is 0 Å². The van der Waals surface area contributed by atoms with E-state index in [0.29, 0.717) is 17.5 Å². The topological polar surface area (TPSA) is 52.6 Å². The number of likely N-dealkylation sites (tertiary alicyclic amines) is 1. The second-order valence-electron chi connectivity index (χ2n) is 4.98. The van der Waals surface area contributed by atoms with Gasteiger partial charge in [0.25, 0.3) is 0 Å². The summed E-state index contributed by atoms with van der Waals surface area (Å²) in [7, 11) is 0. The van der Waals surface area contributed by atoms with E-state index in [2.05, 4.69) is 10.2 Å². The van der Waals surface area contributed by atoms with Crippen molar-refractivity contribution in [2.24, 2.45) is 5.92 Å². The van der Waals surface area contributed by atoms with Crippen LogP contribution in [-0.4, -0.2) is 42.2 Å². The number of carbonyl (C=O) groups excluding carboxylic acids is 1. The summed E-state index contributed by atoms with van der Waals surface area (Å²) >= 11 is 5.79. The number of piperidine rings is 1. The second-order valence-corrected chi connectivity index (χ2v) is 5.42. The fourth-order valence-electron chi connectivity index (χ4n) is 2.38. The van der Waals surface area contributed by atoms with Gasteiger partial charge in [0.2, 0.25) is 5.91 Å². The van der Waals surface area contributed by atoms with Gasteiger partial charge in [-0.3, -0.25) is 9.69 Å². The Morgan fingerprint density at radius 2 is 2.16 bits per heavy atom. The molecular formula is C14H19ClN2O2. The minimum atomic E-state index is -0.0269. The quantitative estimate of drug-likeness (QED) is 0.888. The van der Waals surface area contributed by atoms with Gasteiger partial charge in [-0.05, 0) is 49.6 Å². The standard InChI is InChI=1S/C14H19ClN2O2/c15-12-3-5-13(6-4-12)16-14(19)9-17-7-1-2-11(8-17)10-18/h3-6,11,18H,1-2,7-10H2,(H,16,19). The van der Waals surface area contributed by atoms with Crippen molar-refractivity contribution < 1.29 is 9.90 Å². The molecule has 1 aliphatic rings. The zero-order valence-corrected chi connectivity index (χ0v) is 11.6. The first-order valence-corrected chi connectivity index (χ1v) is 6.94. The number of hydrogen-bond donors (Lipinski definition) is 2. The Morgan fingerprint density at radius 3 is 2.84 bits per heavy atom. The number of nitrogens with one attached hydrogen (secondary N) is 1. The molecule has 2 N–H and O–H groups in total. The Balaban J connectivity index is 1.82. The van der Waals surface area contributed by atoms with E-state index in [4.69, 9.17) is 16.7 Å². The second kappa shape index (κ2) is 6.89. The predicted molar refractivity (Wildman–Crippen MR) is 76.3 cm³/mol. The lowest BCUT2D eigenvalue weighted by Gasteiger charge is -2.31. The van der Waals surface area contributed by atoms with Crippen LogP contribution in [0.3, 0.4) is 0 Å². The zero-order valence-electron chi connectivity index (χ0n) is 10.8. The first kappa shape index (κ1) is 14.3. The number of carbonyl (C=O) groups is 1. The molecule has 19 heavy (non-hydrogen) atoms. The summed E-state index contributed by atoms with van der Waals surface area (Å²) in [4.78, 5) is 14.0. The first-order chi connectivity index (χ1) is 9.17. The van der Waals surface area contributed by atoms with Gasteiger partial charge < -0.3 is 10.4 Å². The molecule has 1 aromatic carbocycles. The SMILES string of the molecule is O=C(CN1CCCC(CO)C1)Nc1ccc(Cl)cc1. The van der Waals surface area contributed by atoms with Crippen molar-refractivity contribution in [3.05, 3.63) is 29.3 Å². The molecule has 0 aliphatic carbocycles. The van der Waals surface area contributed by atoms with E-state index in [9.17, 15) is 4.79 Å². The lowest BCUT2D eigenvalue weighted by molar-refractivity contribution is -0.117. The van der Waals surface area contributed by atoms with Crippen molar-refractivity contribution in [2.75, 3.05) is 31.6 Å². The van der Waals surface area contributed by atoms with E-state index in [0.717, 1.165) is 31.6 Å². The molecule has 0 saturated carbocycles. The number of rotatable bonds is 4. The van der Waals surface area contributed by atoms with Crippen LogP contribution in [-0.2, 0) is 4.79 Å². The van der Waals surface area contributed by atoms with E-state index in [-0.39, 0.29) is 12.5 Å². The van der Waals surface area contributed by atoms with Crippen LogP contribution in [0.15, 0.2) is 24.3 Å². The number of aliphatic hydroxyl groups is 1. The minimum absolute atomic E-state index is 0.0269.